The first-order valence-corrected chi connectivity index (χ1v) is 11.4. The third-order valence-corrected chi connectivity index (χ3v) is 7.32. The van der Waals surface area contributed by atoms with Crippen LogP contribution in [0.1, 0.15) is 38.1 Å². The normalized spacial score (nSPS) is 35.3. The number of carboxylic acid groups (broad SMARTS) is 2. The maximum atomic E-state index is 11.9. The molecule has 3 N–H and O–H groups in total. The summed E-state index contributed by atoms with van der Waals surface area (Å²) in [5.74, 6) is -0.246. The topological polar surface area (TPSA) is 133 Å². The molecule has 4 rings (SSSR count). The third-order valence-electron chi connectivity index (χ3n) is 6.79. The lowest BCUT2D eigenvalue weighted by molar-refractivity contribution is -0.143. The van der Waals surface area contributed by atoms with E-state index < -0.39 is 24.0 Å². The molecule has 6 unspecified atom stereocenters. The van der Waals surface area contributed by atoms with Crippen LogP contribution in [0, 0.1) is 17.8 Å². The van der Waals surface area contributed by atoms with Crippen molar-refractivity contribution >= 4 is 23.7 Å². The number of piperidine rings is 1. The molecule has 0 bridgehead atoms. The summed E-state index contributed by atoms with van der Waals surface area (Å²) >= 11 is 1.42. The van der Waals surface area contributed by atoms with Crippen molar-refractivity contribution in [3.63, 3.8) is 0 Å². The van der Waals surface area contributed by atoms with E-state index >= 15 is 0 Å². The van der Waals surface area contributed by atoms with E-state index in [1.807, 2.05) is 6.26 Å². The number of aliphatic carboxylic acids is 2. The fourth-order valence-electron chi connectivity index (χ4n) is 5.30. The smallest absolute Gasteiger partial charge is 0.321 e. The van der Waals surface area contributed by atoms with Crippen LogP contribution >= 0.6 is 11.8 Å². The van der Waals surface area contributed by atoms with Gasteiger partial charge < -0.3 is 15.5 Å². The number of thioether (sulfide) groups is 1. The van der Waals surface area contributed by atoms with Gasteiger partial charge in [-0.2, -0.15) is 4.80 Å². The van der Waals surface area contributed by atoms with Crippen molar-refractivity contribution in [3.8, 4) is 0 Å². The molecule has 11 heteroatoms. The maximum absolute atomic E-state index is 11.9. The zero-order valence-corrected chi connectivity index (χ0v) is 17.3. The van der Waals surface area contributed by atoms with Crippen molar-refractivity contribution < 1.29 is 19.8 Å². The van der Waals surface area contributed by atoms with Crippen LogP contribution in [0.4, 0.5) is 0 Å². The summed E-state index contributed by atoms with van der Waals surface area (Å²) in [6, 6.07) is -1.08. The van der Waals surface area contributed by atoms with Crippen molar-refractivity contribution in [2.45, 2.75) is 55.4 Å². The number of likely N-dealkylation sites (tertiary alicyclic amines) is 1. The molecule has 3 fully saturated rings. The fraction of sp³-hybridized carbons (Fsp3) is 0.833. The highest BCUT2D eigenvalue weighted by Gasteiger charge is 2.42. The summed E-state index contributed by atoms with van der Waals surface area (Å²) in [5.41, 5.74) is 0. The second-order valence-electron chi connectivity index (χ2n) is 8.53. The molecule has 1 aromatic heterocycles. The summed E-state index contributed by atoms with van der Waals surface area (Å²) in [4.78, 5) is 26.8. The molecule has 160 valence electrons. The molecule has 2 aliphatic heterocycles. The first kappa shape index (κ1) is 20.5. The first-order valence-electron chi connectivity index (χ1n) is 10.2. The maximum Gasteiger partial charge on any atom is 0.321 e. The Hall–Kier alpha value is -1.72. The molecule has 0 amide bonds. The van der Waals surface area contributed by atoms with Gasteiger partial charge in [-0.25, -0.2) is 0 Å². The Morgan fingerprint density at radius 1 is 1.17 bits per heavy atom. The fourth-order valence-corrected chi connectivity index (χ4v) is 5.58. The van der Waals surface area contributed by atoms with Gasteiger partial charge in [0.05, 0.1) is 6.04 Å². The highest BCUT2D eigenvalue weighted by atomic mass is 32.2. The van der Waals surface area contributed by atoms with Gasteiger partial charge in [0.25, 0.3) is 0 Å². The number of carbonyl (C=O) groups is 2. The number of fused-ring (bicyclic) bond motifs is 1. The Morgan fingerprint density at radius 2 is 2.00 bits per heavy atom. The molecule has 0 aromatic carbocycles. The Morgan fingerprint density at radius 3 is 2.69 bits per heavy atom. The Balaban J connectivity index is 1.39. The summed E-state index contributed by atoms with van der Waals surface area (Å²) in [5, 5.41) is 35.2. The van der Waals surface area contributed by atoms with Crippen molar-refractivity contribution in [2.24, 2.45) is 17.8 Å². The minimum absolute atomic E-state index is 0.0869. The van der Waals surface area contributed by atoms with Gasteiger partial charge in [0.1, 0.15) is 12.1 Å². The average molecular weight is 425 g/mol. The molecule has 6 atom stereocenters. The molecule has 0 radical (unpaired) electrons. The lowest BCUT2D eigenvalue weighted by Crippen LogP contribution is -2.50. The van der Waals surface area contributed by atoms with E-state index in [-0.39, 0.29) is 6.04 Å². The number of nitrogens with zero attached hydrogens (tertiary/aromatic N) is 5. The Kier molecular flexibility index (Phi) is 6.07. The van der Waals surface area contributed by atoms with Crippen LogP contribution in [0.2, 0.25) is 0 Å². The molecule has 2 saturated heterocycles. The van der Waals surface area contributed by atoms with E-state index in [9.17, 15) is 19.8 Å². The summed E-state index contributed by atoms with van der Waals surface area (Å²) in [6.07, 6.45) is 6.14. The average Bonchev–Trinajstić information content (AvgIpc) is 3.34. The number of rotatable bonds is 6. The molecule has 0 spiro atoms. The van der Waals surface area contributed by atoms with Gasteiger partial charge in [-0.1, -0.05) is 11.8 Å². The number of carboxylic acids is 2. The predicted octanol–water partition coefficient (Wildman–Crippen LogP) is 0.574. The van der Waals surface area contributed by atoms with Crippen LogP contribution in [0.3, 0.4) is 0 Å². The number of hydrogen-bond acceptors (Lipinski definition) is 8. The van der Waals surface area contributed by atoms with E-state index in [0.29, 0.717) is 42.3 Å². The molecular weight excluding hydrogens is 396 g/mol. The van der Waals surface area contributed by atoms with Gasteiger partial charge in [0.2, 0.25) is 5.16 Å². The van der Waals surface area contributed by atoms with Crippen molar-refractivity contribution in [1.82, 2.24) is 30.4 Å². The zero-order chi connectivity index (χ0) is 20.5. The summed E-state index contributed by atoms with van der Waals surface area (Å²) < 4.78 is 0. The monoisotopic (exact) mass is 424 g/mol. The van der Waals surface area contributed by atoms with E-state index in [1.165, 1.54) is 11.8 Å². The van der Waals surface area contributed by atoms with Gasteiger partial charge >= 0.3 is 11.9 Å². The molecule has 3 aliphatic rings. The molecular formula is C18H28N6O4S. The summed E-state index contributed by atoms with van der Waals surface area (Å²) in [6.45, 7) is 2.10. The Labute approximate surface area is 173 Å². The molecule has 1 aromatic rings. The summed E-state index contributed by atoms with van der Waals surface area (Å²) in [7, 11) is 0. The number of aromatic nitrogens is 4. The minimum atomic E-state index is -0.806. The molecule has 1 aliphatic carbocycles. The molecule has 29 heavy (non-hydrogen) atoms. The highest BCUT2D eigenvalue weighted by molar-refractivity contribution is 7.98. The van der Waals surface area contributed by atoms with Crippen LogP contribution in [-0.4, -0.2) is 85.2 Å². The van der Waals surface area contributed by atoms with Crippen LogP contribution < -0.4 is 5.32 Å². The van der Waals surface area contributed by atoms with Gasteiger partial charge in [0.15, 0.2) is 0 Å². The molecule has 1 saturated carbocycles. The van der Waals surface area contributed by atoms with Gasteiger partial charge in [-0.15, -0.1) is 10.2 Å². The largest absolute Gasteiger partial charge is 0.480 e. The van der Waals surface area contributed by atoms with Crippen molar-refractivity contribution in [2.75, 3.05) is 25.9 Å². The van der Waals surface area contributed by atoms with E-state index in [2.05, 4.69) is 25.6 Å². The predicted molar refractivity (Wildman–Crippen MR) is 105 cm³/mol. The number of nitrogens with one attached hydrogen (secondary N) is 1. The van der Waals surface area contributed by atoms with Crippen LogP contribution in [0.15, 0.2) is 5.16 Å². The Bertz CT molecular complexity index is 760. The standard InChI is InChI=1S/C18H28N6O4S/c1-29-18-20-22-24(21-18)13-6-15(17(27)28)23(9-13)8-10-2-3-11-7-19-14(16(25)26)5-12(11)4-10/h10-15,19H,2-9H2,1H3,(H,25,26)(H,27,28). The lowest BCUT2D eigenvalue weighted by atomic mass is 9.69. The van der Waals surface area contributed by atoms with Crippen LogP contribution in [-0.2, 0) is 9.59 Å². The van der Waals surface area contributed by atoms with Crippen LogP contribution in [0.25, 0.3) is 0 Å². The van der Waals surface area contributed by atoms with Gasteiger partial charge in [-0.3, -0.25) is 14.5 Å². The second-order valence-corrected chi connectivity index (χ2v) is 9.30. The second kappa shape index (κ2) is 8.57. The molecule has 10 nitrogen and oxygen atoms in total. The van der Waals surface area contributed by atoms with Gasteiger partial charge in [0, 0.05) is 13.1 Å². The SMILES string of the molecule is CSc1nnn(C2CC(C(=O)O)N(CC3CCC4CNC(C(=O)O)CC4C3)C2)n1. The van der Waals surface area contributed by atoms with Crippen molar-refractivity contribution in [3.05, 3.63) is 0 Å². The lowest BCUT2D eigenvalue weighted by Gasteiger charge is -2.42. The minimum Gasteiger partial charge on any atom is -0.480 e. The quantitative estimate of drug-likeness (QED) is 0.557. The van der Waals surface area contributed by atoms with E-state index in [1.54, 1.807) is 4.80 Å². The highest BCUT2D eigenvalue weighted by Crippen LogP contribution is 2.40. The van der Waals surface area contributed by atoms with Crippen molar-refractivity contribution in [1.29, 1.82) is 0 Å². The van der Waals surface area contributed by atoms with Gasteiger partial charge in [-0.05, 0) is 67.9 Å². The number of hydrogen-bond donors (Lipinski definition) is 3. The van der Waals surface area contributed by atoms with E-state index in [0.717, 1.165) is 32.4 Å². The van der Waals surface area contributed by atoms with E-state index in [4.69, 9.17) is 0 Å². The first-order chi connectivity index (χ1) is 13.9. The third kappa shape index (κ3) is 4.41. The zero-order valence-electron chi connectivity index (χ0n) is 16.5. The van der Waals surface area contributed by atoms with Crippen LogP contribution in [0.5, 0.6) is 0 Å². The molecule has 3 heterocycles. The number of tetrazole rings is 1.